The number of aliphatic hydroxyl groups excluding tert-OH is 3. The topological polar surface area (TPSA) is 155 Å². The Morgan fingerprint density at radius 1 is 1.17 bits per heavy atom. The van der Waals surface area contributed by atoms with Crippen LogP contribution >= 0.6 is 0 Å². The molecule has 0 spiro atoms. The van der Waals surface area contributed by atoms with E-state index in [1.807, 2.05) is 0 Å². The van der Waals surface area contributed by atoms with Crippen molar-refractivity contribution < 1.29 is 34.4 Å². The second kappa shape index (κ2) is 11.9. The third-order valence-electron chi connectivity index (χ3n) is 5.69. The van der Waals surface area contributed by atoms with E-state index >= 15 is 0 Å². The van der Waals surface area contributed by atoms with Crippen LogP contribution in [-0.2, 0) is 19.1 Å². The van der Waals surface area contributed by atoms with Crippen molar-refractivity contribution in [1.29, 1.82) is 0 Å². The number of nitrogens with two attached hydrogens (primary N) is 1. The van der Waals surface area contributed by atoms with Crippen molar-refractivity contribution in [3.8, 4) is 0 Å². The molecule has 30 heavy (non-hydrogen) atoms. The molecule has 0 bridgehead atoms. The van der Waals surface area contributed by atoms with Crippen LogP contribution in [0.25, 0.3) is 0 Å². The Bertz CT molecular complexity index is 563. The zero-order chi connectivity index (χ0) is 22.3. The summed E-state index contributed by atoms with van der Waals surface area (Å²) in [7, 11) is 0. The number of ether oxygens (including phenoxy) is 2. The molecule has 2 saturated heterocycles. The molecular formula is C20H37N3O7. The quantitative estimate of drug-likeness (QED) is 0.272. The van der Waals surface area contributed by atoms with Gasteiger partial charge >= 0.3 is 0 Å². The lowest BCUT2D eigenvalue weighted by Crippen LogP contribution is -2.57. The summed E-state index contributed by atoms with van der Waals surface area (Å²) in [6.07, 6.45) is -0.480. The number of likely N-dealkylation sites (tertiary alicyclic amines) is 1. The smallest absolute Gasteiger partial charge is 0.242 e. The summed E-state index contributed by atoms with van der Waals surface area (Å²) in [5.41, 5.74) is 5.65. The number of hydrogen-bond acceptors (Lipinski definition) is 8. The van der Waals surface area contributed by atoms with Crippen LogP contribution in [0.1, 0.15) is 52.4 Å². The Morgan fingerprint density at radius 2 is 1.87 bits per heavy atom. The van der Waals surface area contributed by atoms with E-state index < -0.39 is 42.8 Å². The van der Waals surface area contributed by atoms with Gasteiger partial charge in [-0.2, -0.15) is 0 Å². The SMILES string of the molecule is CC1OC(OCCCCCCNC(=O)[C@@H]2CCCN2C(=O)[C@H](C)N)C(O)C(O)C1O. The van der Waals surface area contributed by atoms with Gasteiger partial charge in [-0.15, -0.1) is 0 Å². The van der Waals surface area contributed by atoms with Gasteiger partial charge in [-0.05, 0) is 39.5 Å². The van der Waals surface area contributed by atoms with Crippen molar-refractivity contribution in [1.82, 2.24) is 10.2 Å². The number of nitrogens with zero attached hydrogens (tertiary/aromatic N) is 1. The predicted octanol–water partition coefficient (Wildman–Crippen LogP) is -1.15. The molecule has 0 aromatic rings. The lowest BCUT2D eigenvalue weighted by Gasteiger charge is -2.38. The number of carbonyl (C=O) groups is 2. The molecule has 0 aromatic carbocycles. The molecule has 7 atom stereocenters. The number of rotatable bonds is 10. The van der Waals surface area contributed by atoms with Gasteiger partial charge in [0.25, 0.3) is 0 Å². The molecule has 2 heterocycles. The maximum Gasteiger partial charge on any atom is 0.242 e. The summed E-state index contributed by atoms with van der Waals surface area (Å²) in [5, 5.41) is 32.2. The predicted molar refractivity (Wildman–Crippen MR) is 108 cm³/mol. The Morgan fingerprint density at radius 3 is 2.57 bits per heavy atom. The first kappa shape index (κ1) is 25.0. The summed E-state index contributed by atoms with van der Waals surface area (Å²) in [6, 6.07) is -1.02. The number of unbranched alkanes of at least 4 members (excludes halogenated alkanes) is 3. The van der Waals surface area contributed by atoms with Crippen molar-refractivity contribution >= 4 is 11.8 Å². The van der Waals surface area contributed by atoms with Crippen molar-refractivity contribution in [2.45, 2.75) is 95.2 Å². The monoisotopic (exact) mass is 431 g/mol. The maximum atomic E-state index is 12.4. The fourth-order valence-corrected chi connectivity index (χ4v) is 3.83. The van der Waals surface area contributed by atoms with Gasteiger partial charge < -0.3 is 40.7 Å². The highest BCUT2D eigenvalue weighted by molar-refractivity contribution is 5.90. The summed E-state index contributed by atoms with van der Waals surface area (Å²) in [6.45, 7) is 4.73. The van der Waals surface area contributed by atoms with Crippen LogP contribution in [0.5, 0.6) is 0 Å². The van der Waals surface area contributed by atoms with Crippen LogP contribution in [0.3, 0.4) is 0 Å². The fourth-order valence-electron chi connectivity index (χ4n) is 3.83. The van der Waals surface area contributed by atoms with Gasteiger partial charge in [0.15, 0.2) is 6.29 Å². The number of hydrogen-bond donors (Lipinski definition) is 5. The fraction of sp³-hybridized carbons (Fsp3) is 0.900. The lowest BCUT2D eigenvalue weighted by atomic mass is 10.0. The van der Waals surface area contributed by atoms with Crippen molar-refractivity contribution in [3.05, 3.63) is 0 Å². The van der Waals surface area contributed by atoms with Gasteiger partial charge in [0.1, 0.15) is 24.4 Å². The first-order valence-electron chi connectivity index (χ1n) is 10.9. The Labute approximate surface area is 177 Å². The van der Waals surface area contributed by atoms with Gasteiger partial charge in [0.05, 0.1) is 12.1 Å². The number of carbonyl (C=O) groups excluding carboxylic acids is 2. The van der Waals surface area contributed by atoms with E-state index in [2.05, 4.69) is 5.32 Å². The molecule has 6 N–H and O–H groups in total. The maximum absolute atomic E-state index is 12.4. The van der Waals surface area contributed by atoms with E-state index in [9.17, 15) is 24.9 Å². The zero-order valence-electron chi connectivity index (χ0n) is 17.9. The van der Waals surface area contributed by atoms with Gasteiger partial charge in [-0.1, -0.05) is 12.8 Å². The molecule has 0 aromatic heterocycles. The van der Waals surface area contributed by atoms with E-state index in [0.29, 0.717) is 26.1 Å². The van der Waals surface area contributed by atoms with E-state index in [1.165, 1.54) is 0 Å². The molecule has 2 amide bonds. The summed E-state index contributed by atoms with van der Waals surface area (Å²) in [4.78, 5) is 26.0. The van der Waals surface area contributed by atoms with Crippen LogP contribution in [0.2, 0.25) is 0 Å². The summed E-state index contributed by atoms with van der Waals surface area (Å²) >= 11 is 0. The molecule has 2 fully saturated rings. The highest BCUT2D eigenvalue weighted by atomic mass is 16.7. The molecule has 0 radical (unpaired) electrons. The molecule has 10 nitrogen and oxygen atoms in total. The molecule has 2 aliphatic heterocycles. The normalized spacial score (nSPS) is 32.8. The van der Waals surface area contributed by atoms with E-state index in [1.54, 1.807) is 18.7 Å². The minimum atomic E-state index is -1.29. The molecule has 2 aliphatic rings. The van der Waals surface area contributed by atoms with E-state index in [0.717, 1.165) is 32.1 Å². The van der Waals surface area contributed by atoms with E-state index in [4.69, 9.17) is 15.2 Å². The largest absolute Gasteiger partial charge is 0.388 e. The zero-order valence-corrected chi connectivity index (χ0v) is 17.9. The Balaban J connectivity index is 1.55. The first-order valence-corrected chi connectivity index (χ1v) is 10.9. The van der Waals surface area contributed by atoms with Gasteiger partial charge in [0, 0.05) is 19.7 Å². The molecule has 5 unspecified atom stereocenters. The van der Waals surface area contributed by atoms with Crippen LogP contribution < -0.4 is 11.1 Å². The van der Waals surface area contributed by atoms with Crippen LogP contribution in [0, 0.1) is 0 Å². The second-order valence-electron chi connectivity index (χ2n) is 8.24. The minimum Gasteiger partial charge on any atom is -0.388 e. The second-order valence-corrected chi connectivity index (χ2v) is 8.24. The van der Waals surface area contributed by atoms with Crippen LogP contribution in [-0.4, -0.2) is 94.5 Å². The molecular weight excluding hydrogens is 394 g/mol. The molecule has 174 valence electrons. The van der Waals surface area contributed by atoms with Crippen molar-refractivity contribution in [2.75, 3.05) is 19.7 Å². The highest BCUT2D eigenvalue weighted by Gasteiger charge is 2.42. The standard InChI is InChI=1S/C20H37N3O7/c1-12(21)19(28)23-10-7-8-14(23)18(27)22-9-5-3-4-6-11-29-20-17(26)16(25)15(24)13(2)30-20/h12-17,20,24-26H,3-11,21H2,1-2H3,(H,22,27)/t12-,13?,14-,15?,16?,17?,20?/m0/s1. The Hall–Kier alpha value is -1.30. The van der Waals surface area contributed by atoms with Crippen molar-refractivity contribution in [2.24, 2.45) is 5.73 Å². The summed E-state index contributed by atoms with van der Waals surface area (Å²) in [5.74, 6) is -0.306. The van der Waals surface area contributed by atoms with Gasteiger partial charge in [-0.3, -0.25) is 9.59 Å². The molecule has 2 rings (SSSR count). The third kappa shape index (κ3) is 6.60. The first-order chi connectivity index (χ1) is 14.2. The average molecular weight is 432 g/mol. The number of aliphatic hydroxyl groups is 3. The van der Waals surface area contributed by atoms with Crippen LogP contribution in [0.4, 0.5) is 0 Å². The number of amides is 2. The number of nitrogens with one attached hydrogen (secondary N) is 1. The van der Waals surface area contributed by atoms with Gasteiger partial charge in [0.2, 0.25) is 11.8 Å². The average Bonchev–Trinajstić information content (AvgIpc) is 3.20. The minimum absolute atomic E-state index is 0.122. The van der Waals surface area contributed by atoms with E-state index in [-0.39, 0.29) is 11.8 Å². The van der Waals surface area contributed by atoms with Crippen molar-refractivity contribution in [3.63, 3.8) is 0 Å². The molecule has 0 aliphatic carbocycles. The molecule has 10 heteroatoms. The molecule has 0 saturated carbocycles. The summed E-state index contributed by atoms with van der Waals surface area (Å²) < 4.78 is 10.9. The van der Waals surface area contributed by atoms with Crippen LogP contribution in [0.15, 0.2) is 0 Å². The Kier molecular flexibility index (Phi) is 9.92. The highest BCUT2D eigenvalue weighted by Crippen LogP contribution is 2.22. The third-order valence-corrected chi connectivity index (χ3v) is 5.69. The van der Waals surface area contributed by atoms with Gasteiger partial charge in [-0.25, -0.2) is 0 Å². The lowest BCUT2D eigenvalue weighted by molar-refractivity contribution is -0.293.